The topological polar surface area (TPSA) is 99.0 Å². The van der Waals surface area contributed by atoms with Gasteiger partial charge in [-0.1, -0.05) is 0 Å². The standard InChI is InChI=1S/C23H15N9/c1-9-24-22-27-13-17(31(22)11-1)5-3-16-4-7-19-20(29-30-21(19)15-26-16)8-6-18-14-28-23-25-10-2-12-32(18)23/h1-15H/b5-3+,8-6+. The Morgan fingerprint density at radius 2 is 1.31 bits per heavy atom. The summed E-state index contributed by atoms with van der Waals surface area (Å²) in [4.78, 5) is 21.6. The first-order valence-electron chi connectivity index (χ1n) is 9.90. The van der Waals surface area contributed by atoms with E-state index in [1.54, 1.807) is 31.0 Å². The lowest BCUT2D eigenvalue weighted by atomic mass is 10.1. The van der Waals surface area contributed by atoms with Crippen LogP contribution in [0.1, 0.15) is 22.8 Å². The summed E-state index contributed by atoms with van der Waals surface area (Å²) in [5, 5.41) is 8.56. The maximum Gasteiger partial charge on any atom is 0.234 e. The molecule has 6 rings (SSSR count). The van der Waals surface area contributed by atoms with Gasteiger partial charge in [0.25, 0.3) is 0 Å². The van der Waals surface area contributed by atoms with Crippen LogP contribution in [0, 0.1) is 0 Å². The van der Waals surface area contributed by atoms with Crippen LogP contribution in [0.15, 0.2) is 67.6 Å². The molecule has 0 saturated heterocycles. The van der Waals surface area contributed by atoms with E-state index in [1.807, 2.05) is 69.8 Å². The number of aromatic nitrogens is 9. The second-order valence-corrected chi connectivity index (χ2v) is 7.01. The molecule has 0 fully saturated rings. The van der Waals surface area contributed by atoms with Crippen molar-refractivity contribution >= 4 is 35.9 Å². The molecule has 9 nitrogen and oxygen atoms in total. The van der Waals surface area contributed by atoms with Crippen molar-refractivity contribution in [2.24, 2.45) is 0 Å². The smallest absolute Gasteiger partial charge is 0.234 e. The predicted octanol–water partition coefficient (Wildman–Crippen LogP) is 3.40. The minimum Gasteiger partial charge on any atom is -0.284 e. The lowest BCUT2D eigenvalue weighted by Gasteiger charge is -1.94. The summed E-state index contributed by atoms with van der Waals surface area (Å²) < 4.78 is 3.83. The van der Waals surface area contributed by atoms with Gasteiger partial charge in [-0.3, -0.25) is 13.8 Å². The predicted molar refractivity (Wildman–Crippen MR) is 120 cm³/mol. The molecule has 4 aromatic heterocycles. The van der Waals surface area contributed by atoms with Crippen LogP contribution in [0.2, 0.25) is 0 Å². The third-order valence-electron chi connectivity index (χ3n) is 5.05. The number of imidazole rings is 2. The van der Waals surface area contributed by atoms with Crippen molar-refractivity contribution in [3.8, 4) is 11.3 Å². The summed E-state index contributed by atoms with van der Waals surface area (Å²) in [7, 11) is 0. The molecule has 152 valence electrons. The molecule has 2 aliphatic heterocycles. The molecule has 0 bridgehead atoms. The Kier molecular flexibility index (Phi) is 4.21. The number of nitrogens with zero attached hydrogens (tertiary/aromatic N) is 9. The van der Waals surface area contributed by atoms with Crippen LogP contribution in [0.4, 0.5) is 0 Å². The van der Waals surface area contributed by atoms with Gasteiger partial charge in [0, 0.05) is 30.4 Å². The molecule has 2 aliphatic rings. The first-order chi connectivity index (χ1) is 15.8. The van der Waals surface area contributed by atoms with Crippen LogP contribution in [0.25, 0.3) is 47.1 Å². The average molecular weight is 417 g/mol. The molecule has 0 aromatic carbocycles. The normalized spacial score (nSPS) is 12.1. The molecule has 4 aromatic rings. The van der Waals surface area contributed by atoms with Crippen molar-refractivity contribution in [3.05, 3.63) is 90.4 Å². The van der Waals surface area contributed by atoms with Gasteiger partial charge in [-0.05, 0) is 48.6 Å². The lowest BCUT2D eigenvalue weighted by molar-refractivity contribution is 1.08. The Balaban J connectivity index is 1.30. The summed E-state index contributed by atoms with van der Waals surface area (Å²) >= 11 is 0. The van der Waals surface area contributed by atoms with E-state index in [0.29, 0.717) is 11.6 Å². The van der Waals surface area contributed by atoms with E-state index in [4.69, 9.17) is 0 Å². The Morgan fingerprint density at radius 3 is 2.03 bits per heavy atom. The van der Waals surface area contributed by atoms with Crippen molar-refractivity contribution < 1.29 is 0 Å². The number of fused-ring (bicyclic) bond motifs is 3. The van der Waals surface area contributed by atoms with E-state index < -0.39 is 0 Å². The molecule has 0 spiro atoms. The maximum atomic E-state index is 4.53. The van der Waals surface area contributed by atoms with E-state index >= 15 is 0 Å². The third kappa shape index (κ3) is 3.18. The Hall–Kier alpha value is -4.79. The molecule has 6 heterocycles. The van der Waals surface area contributed by atoms with Crippen LogP contribution in [0.5, 0.6) is 0 Å². The summed E-state index contributed by atoms with van der Waals surface area (Å²) in [6.07, 6.45) is 20.3. The summed E-state index contributed by atoms with van der Waals surface area (Å²) in [5.74, 6) is 1.31. The number of hydrogen-bond acceptors (Lipinski definition) is 7. The largest absolute Gasteiger partial charge is 0.284 e. The summed E-state index contributed by atoms with van der Waals surface area (Å²) in [5.41, 5.74) is 5.03. The maximum absolute atomic E-state index is 4.53. The van der Waals surface area contributed by atoms with Crippen molar-refractivity contribution in [3.63, 3.8) is 0 Å². The molecule has 0 aliphatic carbocycles. The highest BCUT2D eigenvalue weighted by Gasteiger charge is 2.11. The zero-order chi connectivity index (χ0) is 21.3. The van der Waals surface area contributed by atoms with E-state index in [-0.39, 0.29) is 0 Å². The van der Waals surface area contributed by atoms with Crippen molar-refractivity contribution in [2.75, 3.05) is 0 Å². The lowest BCUT2D eigenvalue weighted by Crippen LogP contribution is -1.88. The fourth-order valence-electron chi connectivity index (χ4n) is 3.46. The zero-order valence-corrected chi connectivity index (χ0v) is 16.7. The number of rotatable bonds is 4. The first kappa shape index (κ1) is 18.0. The third-order valence-corrected chi connectivity index (χ3v) is 5.05. The van der Waals surface area contributed by atoms with Crippen LogP contribution in [-0.4, -0.2) is 43.9 Å². The molecule has 0 atom stereocenters. The van der Waals surface area contributed by atoms with Crippen LogP contribution >= 0.6 is 0 Å². The van der Waals surface area contributed by atoms with Gasteiger partial charge in [-0.25, -0.2) is 19.9 Å². The summed E-state index contributed by atoms with van der Waals surface area (Å²) in [6.45, 7) is 0. The zero-order valence-electron chi connectivity index (χ0n) is 16.7. The van der Waals surface area contributed by atoms with E-state index in [1.165, 1.54) is 0 Å². The van der Waals surface area contributed by atoms with Crippen LogP contribution < -0.4 is 0 Å². The van der Waals surface area contributed by atoms with Gasteiger partial charge < -0.3 is 0 Å². The van der Waals surface area contributed by atoms with Crippen molar-refractivity contribution in [1.29, 1.82) is 0 Å². The van der Waals surface area contributed by atoms with Gasteiger partial charge in [-0.2, -0.15) is 0 Å². The van der Waals surface area contributed by atoms with Crippen molar-refractivity contribution in [1.82, 2.24) is 43.9 Å². The SMILES string of the molecule is C(=C\c1cnc2ncccn12)/c1ccc2c(/C=C/c3cnc4ncccn34)nnc-2cn1. The molecule has 0 unspecified atom stereocenters. The molecule has 32 heavy (non-hydrogen) atoms. The second-order valence-electron chi connectivity index (χ2n) is 7.01. The molecule has 0 N–H and O–H groups in total. The van der Waals surface area contributed by atoms with Crippen LogP contribution in [-0.2, 0) is 0 Å². The Morgan fingerprint density at radius 1 is 0.625 bits per heavy atom. The minimum atomic E-state index is 0.652. The van der Waals surface area contributed by atoms with Crippen molar-refractivity contribution in [2.45, 2.75) is 0 Å². The molecule has 9 heteroatoms. The van der Waals surface area contributed by atoms with E-state index in [2.05, 4.69) is 35.1 Å². The monoisotopic (exact) mass is 417 g/mol. The molecule has 0 radical (unpaired) electrons. The molecular weight excluding hydrogens is 402 g/mol. The van der Waals surface area contributed by atoms with Gasteiger partial charge in [0.05, 0.1) is 41.4 Å². The first-order valence-corrected chi connectivity index (χ1v) is 9.90. The van der Waals surface area contributed by atoms with Gasteiger partial charge in [0.2, 0.25) is 11.6 Å². The second kappa shape index (κ2) is 7.47. The van der Waals surface area contributed by atoms with Gasteiger partial charge in [-0.15, -0.1) is 10.2 Å². The Bertz CT molecular complexity index is 1590. The number of hydrogen-bond donors (Lipinski definition) is 0. The molecular formula is C23H15N9. The van der Waals surface area contributed by atoms with Gasteiger partial charge in [0.1, 0.15) is 5.69 Å². The highest BCUT2D eigenvalue weighted by Crippen LogP contribution is 2.23. The van der Waals surface area contributed by atoms with E-state index in [0.717, 1.165) is 34.0 Å². The Labute approximate surface area is 181 Å². The van der Waals surface area contributed by atoms with Crippen LogP contribution in [0.3, 0.4) is 0 Å². The van der Waals surface area contributed by atoms with E-state index in [9.17, 15) is 0 Å². The molecule has 0 amide bonds. The fraction of sp³-hybridized carbons (Fsp3) is 0. The highest BCUT2D eigenvalue weighted by atomic mass is 15.1. The summed E-state index contributed by atoms with van der Waals surface area (Å²) in [6, 6.07) is 7.66. The van der Waals surface area contributed by atoms with Gasteiger partial charge in [0.15, 0.2) is 0 Å². The minimum absolute atomic E-state index is 0.652. The highest BCUT2D eigenvalue weighted by molar-refractivity contribution is 5.78. The quantitative estimate of drug-likeness (QED) is 0.433. The molecule has 0 saturated carbocycles. The average Bonchev–Trinajstić information content (AvgIpc) is 3.51. The van der Waals surface area contributed by atoms with Gasteiger partial charge >= 0.3 is 0 Å². The fourth-order valence-corrected chi connectivity index (χ4v) is 3.46.